The minimum atomic E-state index is -1.12. The first kappa shape index (κ1) is 13.9. The third kappa shape index (κ3) is 2.12. The maximum Gasteiger partial charge on any atom is 0.417 e. The SMILES string of the molecule is COc1ccc(-c2cc3nccnc3n2C(=O)O)cc1OC. The molecule has 1 N–H and O–H groups in total. The van der Waals surface area contributed by atoms with Crippen molar-refractivity contribution < 1.29 is 19.4 Å². The predicted octanol–water partition coefficient (Wildman–Crippen LogP) is 2.64. The smallest absolute Gasteiger partial charge is 0.417 e. The van der Waals surface area contributed by atoms with E-state index in [0.29, 0.717) is 33.9 Å². The lowest BCUT2D eigenvalue weighted by atomic mass is 10.1. The quantitative estimate of drug-likeness (QED) is 0.800. The summed E-state index contributed by atoms with van der Waals surface area (Å²) in [6, 6.07) is 6.87. The minimum absolute atomic E-state index is 0.291. The molecule has 0 atom stereocenters. The van der Waals surface area contributed by atoms with Crippen LogP contribution in [0.5, 0.6) is 11.5 Å². The molecule has 1 aromatic carbocycles. The van der Waals surface area contributed by atoms with Crippen molar-refractivity contribution in [2.24, 2.45) is 0 Å². The third-order valence-electron chi connectivity index (χ3n) is 3.30. The Kier molecular flexibility index (Phi) is 3.38. The Hall–Kier alpha value is -3.09. The molecule has 2 heterocycles. The fourth-order valence-corrected chi connectivity index (χ4v) is 2.33. The Morgan fingerprint density at radius 1 is 1.09 bits per heavy atom. The van der Waals surface area contributed by atoms with Gasteiger partial charge < -0.3 is 14.6 Å². The molecule has 0 saturated carbocycles. The average Bonchev–Trinajstić information content (AvgIpc) is 2.93. The highest BCUT2D eigenvalue weighted by Gasteiger charge is 2.18. The number of carbonyl (C=O) groups is 1. The lowest BCUT2D eigenvalue weighted by Gasteiger charge is -2.10. The molecule has 0 aliphatic carbocycles. The van der Waals surface area contributed by atoms with Crippen molar-refractivity contribution in [3.05, 3.63) is 36.7 Å². The zero-order valence-electron chi connectivity index (χ0n) is 12.0. The highest BCUT2D eigenvalue weighted by molar-refractivity contribution is 5.91. The molecule has 0 aliphatic rings. The van der Waals surface area contributed by atoms with E-state index in [9.17, 15) is 9.90 Å². The van der Waals surface area contributed by atoms with Crippen molar-refractivity contribution in [2.45, 2.75) is 0 Å². The first-order valence-electron chi connectivity index (χ1n) is 6.44. The van der Waals surface area contributed by atoms with E-state index in [0.717, 1.165) is 4.57 Å². The Bertz CT molecular complexity index is 857. The first-order valence-corrected chi connectivity index (χ1v) is 6.44. The average molecular weight is 299 g/mol. The van der Waals surface area contributed by atoms with Gasteiger partial charge in [-0.25, -0.2) is 14.3 Å². The monoisotopic (exact) mass is 299 g/mol. The summed E-state index contributed by atoms with van der Waals surface area (Å²) in [5.74, 6) is 1.09. The van der Waals surface area contributed by atoms with Crippen LogP contribution in [0.25, 0.3) is 22.4 Å². The van der Waals surface area contributed by atoms with Gasteiger partial charge in [0.1, 0.15) is 5.52 Å². The van der Waals surface area contributed by atoms with Crippen molar-refractivity contribution in [3.8, 4) is 22.8 Å². The summed E-state index contributed by atoms with van der Waals surface area (Å²) >= 11 is 0. The first-order chi connectivity index (χ1) is 10.7. The summed E-state index contributed by atoms with van der Waals surface area (Å²) in [6.07, 6.45) is 1.85. The fourth-order valence-electron chi connectivity index (χ4n) is 2.33. The van der Waals surface area contributed by atoms with E-state index in [1.54, 1.807) is 31.4 Å². The molecule has 3 rings (SSSR count). The second-order valence-electron chi connectivity index (χ2n) is 4.48. The standard InChI is InChI=1S/C15H13N3O4/c1-21-12-4-3-9(7-13(12)22-2)11-8-10-14(17-6-5-16-10)18(11)15(19)20/h3-8H,1-2H3,(H,19,20). The Balaban J connectivity index is 2.26. The van der Waals surface area contributed by atoms with E-state index in [1.165, 1.54) is 19.5 Å². The van der Waals surface area contributed by atoms with Gasteiger partial charge in [-0.2, -0.15) is 0 Å². The highest BCUT2D eigenvalue weighted by atomic mass is 16.5. The normalized spacial score (nSPS) is 10.6. The van der Waals surface area contributed by atoms with Gasteiger partial charge in [-0.05, 0) is 24.3 Å². The summed E-state index contributed by atoms with van der Waals surface area (Å²) in [4.78, 5) is 19.8. The van der Waals surface area contributed by atoms with Gasteiger partial charge in [-0.3, -0.25) is 4.98 Å². The number of methoxy groups -OCH3 is 2. The van der Waals surface area contributed by atoms with Gasteiger partial charge in [-0.1, -0.05) is 0 Å². The van der Waals surface area contributed by atoms with E-state index in [-0.39, 0.29) is 0 Å². The molecule has 0 saturated heterocycles. The minimum Gasteiger partial charge on any atom is -0.493 e. The number of hydrogen-bond acceptors (Lipinski definition) is 5. The van der Waals surface area contributed by atoms with Crippen molar-refractivity contribution in [2.75, 3.05) is 14.2 Å². The molecule has 0 aliphatic heterocycles. The van der Waals surface area contributed by atoms with Gasteiger partial charge in [-0.15, -0.1) is 0 Å². The number of benzene rings is 1. The van der Waals surface area contributed by atoms with Crippen LogP contribution in [0.4, 0.5) is 4.79 Å². The number of carboxylic acid groups (broad SMARTS) is 1. The van der Waals surface area contributed by atoms with E-state index in [1.807, 2.05) is 0 Å². The number of ether oxygens (including phenoxy) is 2. The second kappa shape index (κ2) is 5.36. The lowest BCUT2D eigenvalue weighted by molar-refractivity contribution is 0.197. The van der Waals surface area contributed by atoms with E-state index >= 15 is 0 Å². The van der Waals surface area contributed by atoms with Gasteiger partial charge in [0.15, 0.2) is 17.1 Å². The summed E-state index contributed by atoms with van der Waals surface area (Å²) in [7, 11) is 3.07. The maximum atomic E-state index is 11.6. The van der Waals surface area contributed by atoms with Crippen LogP contribution >= 0.6 is 0 Å². The Morgan fingerprint density at radius 2 is 1.82 bits per heavy atom. The number of aromatic nitrogens is 3. The van der Waals surface area contributed by atoms with Gasteiger partial charge in [0.05, 0.1) is 19.9 Å². The lowest BCUT2D eigenvalue weighted by Crippen LogP contribution is -2.10. The zero-order valence-corrected chi connectivity index (χ0v) is 12.0. The molecule has 2 aromatic heterocycles. The van der Waals surface area contributed by atoms with Crippen molar-refractivity contribution in [1.82, 2.24) is 14.5 Å². The fraction of sp³-hybridized carbons (Fsp3) is 0.133. The summed E-state index contributed by atoms with van der Waals surface area (Å²) in [5.41, 5.74) is 1.93. The molecule has 112 valence electrons. The zero-order chi connectivity index (χ0) is 15.7. The van der Waals surface area contributed by atoms with Crippen LogP contribution < -0.4 is 9.47 Å². The van der Waals surface area contributed by atoms with Crippen LogP contribution in [0.15, 0.2) is 36.7 Å². The largest absolute Gasteiger partial charge is 0.493 e. The van der Waals surface area contributed by atoms with Gasteiger partial charge in [0, 0.05) is 18.0 Å². The van der Waals surface area contributed by atoms with Gasteiger partial charge in [0.2, 0.25) is 0 Å². The Morgan fingerprint density at radius 3 is 2.50 bits per heavy atom. The van der Waals surface area contributed by atoms with Crippen LogP contribution in [-0.4, -0.2) is 40.0 Å². The Labute approximate surface area is 125 Å². The molecule has 7 nitrogen and oxygen atoms in total. The summed E-state index contributed by atoms with van der Waals surface area (Å²) < 4.78 is 11.6. The van der Waals surface area contributed by atoms with Crippen LogP contribution in [-0.2, 0) is 0 Å². The number of nitrogens with zero attached hydrogens (tertiary/aromatic N) is 3. The third-order valence-corrected chi connectivity index (χ3v) is 3.30. The van der Waals surface area contributed by atoms with E-state index in [2.05, 4.69) is 9.97 Å². The van der Waals surface area contributed by atoms with Gasteiger partial charge >= 0.3 is 6.09 Å². The van der Waals surface area contributed by atoms with E-state index in [4.69, 9.17) is 9.47 Å². The number of hydrogen-bond donors (Lipinski definition) is 1. The topological polar surface area (TPSA) is 86.5 Å². The molecule has 3 aromatic rings. The molecule has 0 spiro atoms. The van der Waals surface area contributed by atoms with Crippen molar-refractivity contribution >= 4 is 17.3 Å². The molecular weight excluding hydrogens is 286 g/mol. The van der Waals surface area contributed by atoms with Crippen LogP contribution in [0.3, 0.4) is 0 Å². The molecule has 0 radical (unpaired) electrons. The van der Waals surface area contributed by atoms with E-state index < -0.39 is 6.09 Å². The number of rotatable bonds is 3. The highest BCUT2D eigenvalue weighted by Crippen LogP contribution is 2.34. The molecule has 0 amide bonds. The summed E-state index contributed by atoms with van der Waals surface area (Å²) in [6.45, 7) is 0. The number of fused-ring (bicyclic) bond motifs is 1. The van der Waals surface area contributed by atoms with Gasteiger partial charge in [0.25, 0.3) is 0 Å². The summed E-state index contributed by atoms with van der Waals surface area (Å²) in [5, 5.41) is 9.48. The van der Waals surface area contributed by atoms with Crippen molar-refractivity contribution in [3.63, 3.8) is 0 Å². The molecule has 0 bridgehead atoms. The van der Waals surface area contributed by atoms with Crippen LogP contribution in [0.1, 0.15) is 0 Å². The second-order valence-corrected chi connectivity index (χ2v) is 4.48. The molecular formula is C15H13N3O4. The molecule has 0 unspecified atom stereocenters. The van der Waals surface area contributed by atoms with Crippen LogP contribution in [0.2, 0.25) is 0 Å². The van der Waals surface area contributed by atoms with Crippen molar-refractivity contribution in [1.29, 1.82) is 0 Å². The molecule has 22 heavy (non-hydrogen) atoms. The van der Waals surface area contributed by atoms with Crippen LogP contribution in [0, 0.1) is 0 Å². The predicted molar refractivity (Wildman–Crippen MR) is 79.5 cm³/mol. The maximum absolute atomic E-state index is 11.6. The molecule has 0 fully saturated rings. The molecule has 7 heteroatoms.